The van der Waals surface area contributed by atoms with E-state index in [1.807, 2.05) is 23.1 Å². The molecule has 37 heavy (non-hydrogen) atoms. The molecule has 3 aliphatic rings. The van der Waals surface area contributed by atoms with E-state index >= 15 is 0 Å². The van der Waals surface area contributed by atoms with Gasteiger partial charge in [-0.2, -0.15) is 4.98 Å². The molecule has 0 bridgehead atoms. The van der Waals surface area contributed by atoms with Crippen LogP contribution in [0, 0.1) is 5.92 Å². The number of carbonyl (C=O) groups is 2. The maximum absolute atomic E-state index is 13.7. The number of amides is 2. The molecule has 2 amide bonds. The Kier molecular flexibility index (Phi) is 8.87. The number of aromatic nitrogens is 2. The Labute approximate surface area is 220 Å². The normalized spacial score (nSPS) is 26.1. The van der Waals surface area contributed by atoms with E-state index in [0.717, 1.165) is 63.7 Å². The van der Waals surface area contributed by atoms with Gasteiger partial charge in [-0.05, 0) is 57.2 Å². The van der Waals surface area contributed by atoms with Crippen LogP contribution in [-0.2, 0) is 16.0 Å². The molecule has 5 rings (SSSR count). The van der Waals surface area contributed by atoms with Gasteiger partial charge in [-0.15, -0.1) is 0 Å². The summed E-state index contributed by atoms with van der Waals surface area (Å²) in [5, 5.41) is 7.39. The topological polar surface area (TPSA) is 91.6 Å². The fourth-order valence-corrected chi connectivity index (χ4v) is 6.28. The lowest BCUT2D eigenvalue weighted by atomic mass is 10.00. The summed E-state index contributed by atoms with van der Waals surface area (Å²) in [5.41, 5.74) is 1.14. The van der Waals surface area contributed by atoms with Crippen molar-refractivity contribution in [3.63, 3.8) is 0 Å². The average Bonchev–Trinajstić information content (AvgIpc) is 3.46. The zero-order valence-electron chi connectivity index (χ0n) is 21.9. The predicted molar refractivity (Wildman–Crippen MR) is 141 cm³/mol. The summed E-state index contributed by atoms with van der Waals surface area (Å²) in [6, 6.07) is 9.99. The van der Waals surface area contributed by atoms with E-state index in [9.17, 15) is 9.59 Å². The molecule has 2 aromatic rings. The molecule has 0 unspecified atom stereocenters. The molecule has 3 fully saturated rings. The molecule has 1 N–H and O–H groups in total. The maximum atomic E-state index is 13.7. The summed E-state index contributed by atoms with van der Waals surface area (Å²) < 4.78 is 5.72. The molecule has 8 heteroatoms. The van der Waals surface area contributed by atoms with E-state index in [-0.39, 0.29) is 29.7 Å². The second kappa shape index (κ2) is 12.7. The summed E-state index contributed by atoms with van der Waals surface area (Å²) in [6.07, 6.45) is 10.9. The quantitative estimate of drug-likeness (QED) is 0.660. The lowest BCUT2D eigenvalue weighted by Crippen LogP contribution is -2.50. The highest BCUT2D eigenvalue weighted by Crippen LogP contribution is 2.41. The molecule has 2 saturated heterocycles. The first-order valence-corrected chi connectivity index (χ1v) is 14.3. The number of fused-ring (bicyclic) bond motifs is 1. The van der Waals surface area contributed by atoms with Crippen molar-refractivity contribution in [2.24, 2.45) is 5.92 Å². The first-order valence-electron chi connectivity index (χ1n) is 14.3. The lowest BCUT2D eigenvalue weighted by molar-refractivity contribution is -0.137. The van der Waals surface area contributed by atoms with Crippen LogP contribution in [-0.4, -0.2) is 70.5 Å². The standard InChI is InChI=1S/C29H41N5O3/c35-27(21-33-15-9-3-4-10-16-33)34-17-11-2-1-8-14-30-28(36)24-19-23(20-25(24)34)29-31-26(32-37-29)18-22-12-6-5-7-13-22/h5-7,12-13,23-25H,1-4,8-11,14-21H2,(H,30,36)/t23-,24-,25+/m1/s1. The Hall–Kier alpha value is -2.74. The van der Waals surface area contributed by atoms with Crippen molar-refractivity contribution in [3.05, 3.63) is 47.6 Å². The minimum absolute atomic E-state index is 0.0193. The number of nitrogens with zero attached hydrogens (tertiary/aromatic N) is 4. The van der Waals surface area contributed by atoms with Gasteiger partial charge in [0.05, 0.1) is 12.5 Å². The van der Waals surface area contributed by atoms with Gasteiger partial charge in [0, 0.05) is 31.5 Å². The molecule has 1 aromatic heterocycles. The number of carbonyl (C=O) groups excluding carboxylic acids is 2. The molecule has 8 nitrogen and oxygen atoms in total. The van der Waals surface area contributed by atoms with Crippen molar-refractivity contribution in [2.45, 2.75) is 82.6 Å². The fourth-order valence-electron chi connectivity index (χ4n) is 6.28. The van der Waals surface area contributed by atoms with Crippen LogP contribution in [0.5, 0.6) is 0 Å². The summed E-state index contributed by atoms with van der Waals surface area (Å²) in [4.78, 5) is 36.1. The smallest absolute Gasteiger partial charge is 0.237 e. The lowest BCUT2D eigenvalue weighted by Gasteiger charge is -2.34. The van der Waals surface area contributed by atoms with Crippen LogP contribution in [0.4, 0.5) is 0 Å². The van der Waals surface area contributed by atoms with Gasteiger partial charge in [0.1, 0.15) is 0 Å². The Balaban J connectivity index is 1.33. The third-order valence-corrected chi connectivity index (χ3v) is 8.31. The van der Waals surface area contributed by atoms with E-state index in [2.05, 4.69) is 27.5 Å². The van der Waals surface area contributed by atoms with Gasteiger partial charge < -0.3 is 14.7 Å². The number of rotatable bonds is 5. The number of nitrogens with one attached hydrogen (secondary N) is 1. The van der Waals surface area contributed by atoms with Crippen molar-refractivity contribution in [1.82, 2.24) is 25.3 Å². The molecule has 1 aromatic carbocycles. The van der Waals surface area contributed by atoms with E-state index in [4.69, 9.17) is 9.51 Å². The maximum Gasteiger partial charge on any atom is 0.237 e. The van der Waals surface area contributed by atoms with Crippen LogP contribution in [0.3, 0.4) is 0 Å². The number of hydrogen-bond donors (Lipinski definition) is 1. The number of hydrogen-bond acceptors (Lipinski definition) is 6. The molecule has 2 aliphatic heterocycles. The zero-order chi connectivity index (χ0) is 25.5. The molecular formula is C29H41N5O3. The Morgan fingerprint density at radius 1 is 0.946 bits per heavy atom. The van der Waals surface area contributed by atoms with Gasteiger partial charge in [-0.1, -0.05) is 61.2 Å². The van der Waals surface area contributed by atoms with Crippen molar-refractivity contribution < 1.29 is 14.1 Å². The molecule has 1 aliphatic carbocycles. The SMILES string of the molecule is O=C1NCCCCCCN(C(=O)CN2CCCCCC2)[C@H]2C[C@H](c3nc(Cc4ccccc4)no3)C[C@@H]12. The van der Waals surface area contributed by atoms with Crippen molar-refractivity contribution >= 4 is 11.8 Å². The molecule has 200 valence electrons. The highest BCUT2D eigenvalue weighted by Gasteiger charge is 2.45. The van der Waals surface area contributed by atoms with Crippen LogP contribution in [0.1, 0.15) is 87.4 Å². The van der Waals surface area contributed by atoms with Crippen molar-refractivity contribution in [1.29, 1.82) is 0 Å². The van der Waals surface area contributed by atoms with Gasteiger partial charge in [0.15, 0.2) is 5.82 Å². The fraction of sp³-hybridized carbons (Fsp3) is 0.655. The Morgan fingerprint density at radius 2 is 1.68 bits per heavy atom. The highest BCUT2D eigenvalue weighted by molar-refractivity contribution is 5.83. The Morgan fingerprint density at radius 3 is 2.46 bits per heavy atom. The monoisotopic (exact) mass is 507 g/mol. The molecule has 0 radical (unpaired) electrons. The predicted octanol–water partition coefficient (Wildman–Crippen LogP) is 3.92. The molecular weight excluding hydrogens is 466 g/mol. The van der Waals surface area contributed by atoms with Gasteiger partial charge in [-0.3, -0.25) is 14.5 Å². The van der Waals surface area contributed by atoms with Gasteiger partial charge in [0.2, 0.25) is 17.7 Å². The summed E-state index contributed by atoms with van der Waals surface area (Å²) in [7, 11) is 0. The van der Waals surface area contributed by atoms with E-state index in [1.165, 1.54) is 12.8 Å². The second-order valence-electron chi connectivity index (χ2n) is 11.0. The summed E-state index contributed by atoms with van der Waals surface area (Å²) in [5.74, 6) is 1.22. The third kappa shape index (κ3) is 6.78. The second-order valence-corrected chi connectivity index (χ2v) is 11.0. The zero-order valence-corrected chi connectivity index (χ0v) is 21.9. The van der Waals surface area contributed by atoms with Gasteiger partial charge >= 0.3 is 0 Å². The molecule has 1 saturated carbocycles. The minimum Gasteiger partial charge on any atom is -0.356 e. The van der Waals surface area contributed by atoms with Crippen LogP contribution in [0.2, 0.25) is 0 Å². The largest absolute Gasteiger partial charge is 0.356 e. The highest BCUT2D eigenvalue weighted by atomic mass is 16.5. The molecule has 3 atom stereocenters. The van der Waals surface area contributed by atoms with Gasteiger partial charge in [0.25, 0.3) is 0 Å². The van der Waals surface area contributed by atoms with Crippen LogP contribution in [0.25, 0.3) is 0 Å². The molecule has 3 heterocycles. The molecule has 0 spiro atoms. The van der Waals surface area contributed by atoms with Crippen molar-refractivity contribution in [3.8, 4) is 0 Å². The first kappa shape index (κ1) is 25.9. The first-order chi connectivity index (χ1) is 18.2. The van der Waals surface area contributed by atoms with E-state index in [0.29, 0.717) is 44.1 Å². The van der Waals surface area contributed by atoms with E-state index in [1.54, 1.807) is 0 Å². The Bertz CT molecular complexity index is 1020. The number of benzene rings is 1. The minimum atomic E-state index is -0.249. The summed E-state index contributed by atoms with van der Waals surface area (Å²) >= 11 is 0. The van der Waals surface area contributed by atoms with Crippen molar-refractivity contribution in [2.75, 3.05) is 32.7 Å². The van der Waals surface area contributed by atoms with Crippen LogP contribution in [0.15, 0.2) is 34.9 Å². The van der Waals surface area contributed by atoms with Crippen LogP contribution >= 0.6 is 0 Å². The van der Waals surface area contributed by atoms with E-state index < -0.39 is 0 Å². The van der Waals surface area contributed by atoms with Crippen LogP contribution < -0.4 is 5.32 Å². The van der Waals surface area contributed by atoms with Gasteiger partial charge in [-0.25, -0.2) is 0 Å². The average molecular weight is 508 g/mol. The summed E-state index contributed by atoms with van der Waals surface area (Å²) in [6.45, 7) is 3.86. The number of likely N-dealkylation sites (tertiary alicyclic amines) is 1. The third-order valence-electron chi connectivity index (χ3n) is 8.31.